The number of hydrogen-bond donors (Lipinski definition) is 3. The van der Waals surface area contributed by atoms with Crippen molar-refractivity contribution in [2.24, 2.45) is 0 Å². The van der Waals surface area contributed by atoms with Crippen molar-refractivity contribution >= 4 is 35.4 Å². The van der Waals surface area contributed by atoms with Gasteiger partial charge in [0.2, 0.25) is 11.8 Å². The fourth-order valence-corrected chi connectivity index (χ4v) is 5.98. The van der Waals surface area contributed by atoms with Crippen molar-refractivity contribution in [1.82, 2.24) is 15.5 Å². The van der Waals surface area contributed by atoms with E-state index >= 15 is 0 Å². The lowest BCUT2D eigenvalue weighted by atomic mass is 10.0. The fraction of sp³-hybridized carbons (Fsp3) is 0.750. The van der Waals surface area contributed by atoms with Crippen LogP contribution in [0.2, 0.25) is 0 Å². The molecule has 5 amide bonds. The van der Waals surface area contributed by atoms with Gasteiger partial charge in [0, 0.05) is 25.2 Å². The highest BCUT2D eigenvalue weighted by molar-refractivity contribution is 6.25. The number of nitrogens with zero attached hydrogens (tertiary/aromatic N) is 1. The quantitative estimate of drug-likeness (QED) is 0.0617. The zero-order valence-electron chi connectivity index (χ0n) is 38.9. The molecule has 0 radical (unpaired) electrons. The number of fused-ring (bicyclic) bond motifs is 1. The molecule has 66 heavy (non-hydrogen) atoms. The normalized spacial score (nSPS) is 15.1. The third kappa shape index (κ3) is 25.3. The van der Waals surface area contributed by atoms with Gasteiger partial charge in [-0.1, -0.05) is 6.07 Å². The summed E-state index contributed by atoms with van der Waals surface area (Å²) in [7, 11) is 0. The Kier molecular flexibility index (Phi) is 30.1. The van der Waals surface area contributed by atoms with Gasteiger partial charge in [-0.05, 0) is 39.3 Å². The van der Waals surface area contributed by atoms with Crippen LogP contribution in [0.15, 0.2) is 18.2 Å². The summed E-state index contributed by atoms with van der Waals surface area (Å²) in [5, 5.41) is 7.96. The van der Waals surface area contributed by atoms with Gasteiger partial charge in [0.25, 0.3) is 11.8 Å². The summed E-state index contributed by atoms with van der Waals surface area (Å²) in [5.41, 5.74) is 0.368. The zero-order valence-corrected chi connectivity index (χ0v) is 38.9. The average Bonchev–Trinajstić information content (AvgIpc) is 3.53. The van der Waals surface area contributed by atoms with Crippen LogP contribution in [0.1, 0.15) is 54.3 Å². The number of nitrogens with one attached hydrogen (secondary N) is 3. The van der Waals surface area contributed by atoms with Crippen molar-refractivity contribution in [2.75, 3.05) is 177 Å². The van der Waals surface area contributed by atoms with Gasteiger partial charge in [0.05, 0.1) is 170 Å². The highest BCUT2D eigenvalue weighted by Gasteiger charge is 2.45. The lowest BCUT2D eigenvalue weighted by Gasteiger charge is -2.27. The Labute approximate surface area is 387 Å². The second kappa shape index (κ2) is 35.3. The number of alkyl carbamates (subject to hydrolysis) is 1. The molecule has 2 aliphatic rings. The number of benzene rings is 1. The maximum atomic E-state index is 13.2. The molecule has 1 fully saturated rings. The number of imide groups is 2. The summed E-state index contributed by atoms with van der Waals surface area (Å²) < 4.78 is 71.1. The minimum Gasteiger partial charge on any atom is -0.444 e. The van der Waals surface area contributed by atoms with E-state index in [4.69, 9.17) is 61.6 Å². The van der Waals surface area contributed by atoms with Gasteiger partial charge >= 0.3 is 6.09 Å². The molecule has 22 heteroatoms. The standard InChI is InChI=1S/C44H72N4O18/c1-44(2,3)66-43(53)46-10-12-55-14-16-57-18-20-59-22-24-61-26-28-63-30-32-65-34-33-64-31-29-62-27-25-60-23-21-58-19-17-56-15-13-54-11-9-45-36-6-4-5-35-39(36)42(52)48(41(35)51)37-7-8-38(49)47-40(37)50/h4-6,37,45H,7-34H2,1-3H3,(H,46,53)(H,47,49,50). The molecule has 1 aromatic rings. The van der Waals surface area contributed by atoms with Crippen molar-refractivity contribution in [3.63, 3.8) is 0 Å². The average molecular weight is 945 g/mol. The molecular formula is C44H72N4O18. The second-order valence-corrected chi connectivity index (χ2v) is 15.4. The van der Waals surface area contributed by atoms with Crippen LogP contribution in [-0.2, 0) is 71.2 Å². The molecule has 1 unspecified atom stereocenters. The van der Waals surface area contributed by atoms with E-state index in [1.165, 1.54) is 0 Å². The molecule has 0 aromatic heterocycles. The monoisotopic (exact) mass is 944 g/mol. The molecule has 2 aliphatic heterocycles. The fourth-order valence-electron chi connectivity index (χ4n) is 5.98. The Morgan fingerprint density at radius 1 is 0.561 bits per heavy atom. The van der Waals surface area contributed by atoms with Crippen molar-refractivity contribution in [3.8, 4) is 0 Å². The number of rotatable bonds is 41. The maximum Gasteiger partial charge on any atom is 0.407 e. The van der Waals surface area contributed by atoms with Gasteiger partial charge in [0.15, 0.2) is 0 Å². The zero-order chi connectivity index (χ0) is 47.5. The molecule has 0 aliphatic carbocycles. The Hall–Kier alpha value is -3.91. The third-order valence-electron chi connectivity index (χ3n) is 9.04. The van der Waals surface area contributed by atoms with Crippen molar-refractivity contribution in [2.45, 2.75) is 45.3 Å². The van der Waals surface area contributed by atoms with Gasteiger partial charge in [-0.15, -0.1) is 0 Å². The molecule has 1 aromatic carbocycles. The highest BCUT2D eigenvalue weighted by atomic mass is 16.6. The molecular weight excluding hydrogens is 872 g/mol. The predicted molar refractivity (Wildman–Crippen MR) is 236 cm³/mol. The molecule has 1 atom stereocenters. The number of amides is 5. The lowest BCUT2D eigenvalue weighted by molar-refractivity contribution is -0.136. The smallest absolute Gasteiger partial charge is 0.407 e. The third-order valence-corrected chi connectivity index (χ3v) is 9.04. The second-order valence-electron chi connectivity index (χ2n) is 15.4. The van der Waals surface area contributed by atoms with Crippen LogP contribution in [0.4, 0.5) is 10.5 Å². The van der Waals surface area contributed by atoms with E-state index in [0.29, 0.717) is 177 Å². The van der Waals surface area contributed by atoms with Crippen LogP contribution in [0.5, 0.6) is 0 Å². The van der Waals surface area contributed by atoms with Crippen LogP contribution in [0, 0.1) is 0 Å². The van der Waals surface area contributed by atoms with E-state index in [9.17, 15) is 24.0 Å². The first-order valence-corrected chi connectivity index (χ1v) is 22.6. The number of hydrogen-bond acceptors (Lipinski definition) is 19. The molecule has 0 bridgehead atoms. The van der Waals surface area contributed by atoms with Crippen molar-refractivity contribution in [1.29, 1.82) is 0 Å². The van der Waals surface area contributed by atoms with Gasteiger partial charge in [-0.3, -0.25) is 29.4 Å². The van der Waals surface area contributed by atoms with Gasteiger partial charge < -0.3 is 72.2 Å². The van der Waals surface area contributed by atoms with E-state index < -0.39 is 41.4 Å². The predicted octanol–water partition coefficient (Wildman–Crippen LogP) is 1.22. The molecule has 0 saturated carbocycles. The van der Waals surface area contributed by atoms with E-state index in [0.717, 1.165) is 4.90 Å². The largest absolute Gasteiger partial charge is 0.444 e. The van der Waals surface area contributed by atoms with Crippen molar-refractivity contribution in [3.05, 3.63) is 29.3 Å². The van der Waals surface area contributed by atoms with Crippen LogP contribution in [0.3, 0.4) is 0 Å². The summed E-state index contributed by atoms with van der Waals surface area (Å²) in [5.74, 6) is -2.19. The number of carbonyl (C=O) groups excluding carboxylic acids is 5. The summed E-state index contributed by atoms with van der Waals surface area (Å²) in [6, 6.07) is 3.89. The highest BCUT2D eigenvalue weighted by Crippen LogP contribution is 2.32. The van der Waals surface area contributed by atoms with Crippen LogP contribution in [0.25, 0.3) is 0 Å². The molecule has 376 valence electrons. The number of anilines is 1. The van der Waals surface area contributed by atoms with Gasteiger partial charge in [-0.25, -0.2) is 4.79 Å². The molecule has 1 saturated heterocycles. The van der Waals surface area contributed by atoms with Crippen LogP contribution >= 0.6 is 0 Å². The SMILES string of the molecule is CC(C)(C)OC(=O)NCCOCCOCCOCCOCCOCCOCCOCCOCCOCCOCCOCCOCCNc1cccc2c1C(=O)N(C1CCC(=O)NC1=O)C2=O. The number of carbonyl (C=O) groups is 5. The number of ether oxygens (including phenoxy) is 13. The minimum atomic E-state index is -1.02. The summed E-state index contributed by atoms with van der Waals surface area (Å²) in [4.78, 5) is 62.5. The van der Waals surface area contributed by atoms with E-state index in [1.807, 2.05) is 20.8 Å². The van der Waals surface area contributed by atoms with Crippen LogP contribution in [-0.4, -0.2) is 218 Å². The Balaban J connectivity index is 0.952. The molecule has 2 heterocycles. The first-order chi connectivity index (χ1) is 32.1. The molecule has 22 nitrogen and oxygen atoms in total. The van der Waals surface area contributed by atoms with Crippen LogP contribution < -0.4 is 16.0 Å². The number of piperidine rings is 1. The summed E-state index contributed by atoms with van der Waals surface area (Å²) in [6.07, 6.45) is -0.303. The molecule has 3 N–H and O–H groups in total. The topological polar surface area (TPSA) is 245 Å². The first kappa shape index (κ1) is 56.4. The van der Waals surface area contributed by atoms with E-state index in [1.54, 1.807) is 18.2 Å². The summed E-state index contributed by atoms with van der Waals surface area (Å²) in [6.45, 7) is 16.7. The summed E-state index contributed by atoms with van der Waals surface area (Å²) >= 11 is 0. The Morgan fingerprint density at radius 3 is 1.32 bits per heavy atom. The van der Waals surface area contributed by atoms with Gasteiger partial charge in [0.1, 0.15) is 11.6 Å². The Bertz CT molecular complexity index is 1530. The molecule has 0 spiro atoms. The lowest BCUT2D eigenvalue weighted by Crippen LogP contribution is -2.54. The first-order valence-electron chi connectivity index (χ1n) is 22.6. The molecule has 3 rings (SSSR count). The maximum absolute atomic E-state index is 13.2. The van der Waals surface area contributed by atoms with E-state index in [2.05, 4.69) is 16.0 Å². The minimum absolute atomic E-state index is 0.0609. The van der Waals surface area contributed by atoms with Crippen molar-refractivity contribution < 1.29 is 85.6 Å². The van der Waals surface area contributed by atoms with E-state index in [-0.39, 0.29) is 24.0 Å². The van der Waals surface area contributed by atoms with Gasteiger partial charge in [-0.2, -0.15) is 0 Å². The Morgan fingerprint density at radius 2 is 0.939 bits per heavy atom.